The van der Waals surface area contributed by atoms with Gasteiger partial charge in [0.1, 0.15) is 12.6 Å². The molecule has 0 fully saturated rings. The van der Waals surface area contributed by atoms with Crippen molar-refractivity contribution in [2.75, 3.05) is 24.0 Å². The molecule has 1 aromatic rings. The molecule has 2 atom stereocenters. The molecule has 0 saturated carbocycles. The van der Waals surface area contributed by atoms with Crippen LogP contribution in [0.1, 0.15) is 26.2 Å². The molecule has 0 spiro atoms. The molecule has 5 N–H and O–H groups in total. The van der Waals surface area contributed by atoms with Gasteiger partial charge in [0.15, 0.2) is 8.30 Å². The van der Waals surface area contributed by atoms with Gasteiger partial charge >= 0.3 is 11.9 Å². The fraction of sp³-hybridized carbons (Fsp3) is 0.400. The number of amides is 2. The number of hydrogen-bond acceptors (Lipinski definition) is 7. The third kappa shape index (κ3) is 12.9. The van der Waals surface area contributed by atoms with Gasteiger partial charge in [-0.25, -0.2) is 0 Å². The number of para-hydroxylation sites is 1. The molecule has 32 heavy (non-hydrogen) atoms. The first-order valence-corrected chi connectivity index (χ1v) is 12.2. The molecule has 0 saturated heterocycles. The van der Waals surface area contributed by atoms with Crippen molar-refractivity contribution < 1.29 is 33.9 Å². The van der Waals surface area contributed by atoms with Crippen LogP contribution in [0.5, 0.6) is 0 Å². The minimum atomic E-state index is -1.20. The van der Waals surface area contributed by atoms with E-state index in [9.17, 15) is 19.2 Å². The van der Waals surface area contributed by atoms with E-state index >= 15 is 0 Å². The van der Waals surface area contributed by atoms with Crippen LogP contribution in [0.4, 0.5) is 5.69 Å². The van der Waals surface area contributed by atoms with Gasteiger partial charge in [-0.3, -0.25) is 19.2 Å². The molecule has 0 aliphatic rings. The van der Waals surface area contributed by atoms with Gasteiger partial charge in [-0.1, -0.05) is 18.2 Å². The first kappa shape index (κ1) is 27.4. The number of benzene rings is 1. The van der Waals surface area contributed by atoms with Crippen molar-refractivity contribution in [3.8, 4) is 0 Å². The Balaban J connectivity index is 2.65. The largest absolute Gasteiger partial charge is 0.481 e. The van der Waals surface area contributed by atoms with E-state index < -0.39 is 44.6 Å². The van der Waals surface area contributed by atoms with Crippen molar-refractivity contribution >= 4 is 49.5 Å². The van der Waals surface area contributed by atoms with Crippen molar-refractivity contribution in [3.05, 3.63) is 41.6 Å². The van der Waals surface area contributed by atoms with Crippen LogP contribution in [0.3, 0.4) is 0 Å². The Morgan fingerprint density at radius 2 is 1.84 bits per heavy atom. The van der Waals surface area contributed by atoms with E-state index in [1.807, 2.05) is 43.1 Å². The SMILES string of the molecule is CCOP(/C=C\SCC(NC(=O)CCCC(=O)O)C(=O)NCC(=O)O)Nc1ccccc1. The maximum absolute atomic E-state index is 12.3. The van der Waals surface area contributed by atoms with Gasteiger partial charge < -0.3 is 30.5 Å². The average molecular weight is 485 g/mol. The molecule has 12 heteroatoms. The van der Waals surface area contributed by atoms with E-state index in [0.29, 0.717) is 6.61 Å². The van der Waals surface area contributed by atoms with Crippen LogP contribution in [-0.4, -0.2) is 58.9 Å². The van der Waals surface area contributed by atoms with Crippen molar-refractivity contribution in [1.82, 2.24) is 10.6 Å². The zero-order chi connectivity index (χ0) is 23.8. The Bertz CT molecular complexity index is 780. The summed E-state index contributed by atoms with van der Waals surface area (Å²) in [4.78, 5) is 45.6. The number of nitrogens with one attached hydrogen (secondary N) is 3. The molecule has 1 rings (SSSR count). The Labute approximate surface area is 192 Å². The fourth-order valence-electron chi connectivity index (χ4n) is 2.28. The van der Waals surface area contributed by atoms with E-state index in [4.69, 9.17) is 14.7 Å². The van der Waals surface area contributed by atoms with Gasteiger partial charge in [0.25, 0.3) is 0 Å². The van der Waals surface area contributed by atoms with Crippen LogP contribution < -0.4 is 15.7 Å². The normalized spacial score (nSPS) is 12.7. The van der Waals surface area contributed by atoms with Crippen molar-refractivity contribution in [2.45, 2.75) is 32.2 Å². The standard InChI is InChI=1S/C20H28N3O7PS/c1-2-30-31(23-15-7-4-3-5-8-15)11-12-32-14-16(20(29)21-13-19(27)28)22-17(24)9-6-10-18(25)26/h3-5,7-8,11-12,16,23H,2,6,9-10,13-14H2,1H3,(H,21,29)(H,22,24)(H,25,26)(H,27,28)/b12-11-. The molecule has 0 aromatic heterocycles. The lowest BCUT2D eigenvalue weighted by Gasteiger charge is -2.17. The molecule has 2 amide bonds. The lowest BCUT2D eigenvalue weighted by Crippen LogP contribution is -2.49. The molecule has 0 heterocycles. The highest BCUT2D eigenvalue weighted by atomic mass is 32.2. The lowest BCUT2D eigenvalue weighted by molar-refractivity contribution is -0.138. The second kappa shape index (κ2) is 16.1. The van der Waals surface area contributed by atoms with Gasteiger partial charge in [-0.15, -0.1) is 11.8 Å². The number of hydrogen-bond donors (Lipinski definition) is 5. The second-order valence-electron chi connectivity index (χ2n) is 6.32. The lowest BCUT2D eigenvalue weighted by atomic mass is 10.2. The van der Waals surface area contributed by atoms with Crippen LogP contribution in [0.25, 0.3) is 0 Å². The second-order valence-corrected chi connectivity index (χ2v) is 8.69. The highest BCUT2D eigenvalue weighted by Crippen LogP contribution is 2.39. The molecule has 10 nitrogen and oxygen atoms in total. The summed E-state index contributed by atoms with van der Waals surface area (Å²) in [5.74, 6) is -1.33. The summed E-state index contributed by atoms with van der Waals surface area (Å²) in [7, 11) is -1.10. The van der Waals surface area contributed by atoms with Crippen LogP contribution in [-0.2, 0) is 23.7 Å². The van der Waals surface area contributed by atoms with E-state index in [2.05, 4.69) is 15.7 Å². The first-order chi connectivity index (χ1) is 15.3. The number of aliphatic carboxylic acids is 2. The molecule has 0 bridgehead atoms. The zero-order valence-electron chi connectivity index (χ0n) is 17.7. The van der Waals surface area contributed by atoms with Gasteiger partial charge in [0.2, 0.25) is 11.8 Å². The monoisotopic (exact) mass is 485 g/mol. The maximum atomic E-state index is 12.3. The van der Waals surface area contributed by atoms with Gasteiger partial charge in [-0.2, -0.15) is 0 Å². The number of carbonyl (C=O) groups is 4. The number of thioether (sulfide) groups is 1. The predicted molar refractivity (Wildman–Crippen MR) is 124 cm³/mol. The molecule has 0 aliphatic carbocycles. The van der Waals surface area contributed by atoms with E-state index in [-0.39, 0.29) is 25.0 Å². The Kier molecular flexibility index (Phi) is 13.8. The summed E-state index contributed by atoms with van der Waals surface area (Å²) in [6, 6.07) is 8.57. The maximum Gasteiger partial charge on any atom is 0.322 e. The molecular weight excluding hydrogens is 457 g/mol. The number of carboxylic acid groups (broad SMARTS) is 2. The van der Waals surface area contributed by atoms with Crippen LogP contribution in [0, 0.1) is 0 Å². The molecule has 0 radical (unpaired) electrons. The topological polar surface area (TPSA) is 154 Å². The quantitative estimate of drug-likeness (QED) is 0.222. The number of carbonyl (C=O) groups excluding carboxylic acids is 2. The molecule has 0 aliphatic heterocycles. The minimum Gasteiger partial charge on any atom is -0.481 e. The summed E-state index contributed by atoms with van der Waals surface area (Å²) < 4.78 is 5.68. The van der Waals surface area contributed by atoms with Crippen LogP contribution in [0.15, 0.2) is 41.6 Å². The van der Waals surface area contributed by atoms with Crippen LogP contribution in [0.2, 0.25) is 0 Å². The van der Waals surface area contributed by atoms with E-state index in [1.54, 1.807) is 5.41 Å². The Morgan fingerprint density at radius 3 is 2.47 bits per heavy atom. The molecule has 1 aromatic carbocycles. The third-order valence-electron chi connectivity index (χ3n) is 3.70. The zero-order valence-corrected chi connectivity index (χ0v) is 19.4. The van der Waals surface area contributed by atoms with Gasteiger partial charge in [-0.05, 0) is 36.7 Å². The number of anilines is 1. The smallest absolute Gasteiger partial charge is 0.322 e. The predicted octanol–water partition coefficient (Wildman–Crippen LogP) is 2.59. The fourth-order valence-corrected chi connectivity index (χ4v) is 4.51. The Hall–Kier alpha value is -2.62. The van der Waals surface area contributed by atoms with Gasteiger partial charge in [0.05, 0.1) is 6.61 Å². The number of rotatable bonds is 16. The van der Waals surface area contributed by atoms with E-state index in [1.165, 1.54) is 11.8 Å². The van der Waals surface area contributed by atoms with Crippen molar-refractivity contribution in [2.24, 2.45) is 0 Å². The number of carboxylic acids is 2. The highest BCUT2D eigenvalue weighted by Gasteiger charge is 2.21. The third-order valence-corrected chi connectivity index (χ3v) is 6.19. The average Bonchev–Trinajstić information content (AvgIpc) is 2.74. The van der Waals surface area contributed by atoms with E-state index in [0.717, 1.165) is 5.69 Å². The summed E-state index contributed by atoms with van der Waals surface area (Å²) in [5.41, 5.74) is 0.904. The summed E-state index contributed by atoms with van der Waals surface area (Å²) in [6.07, 6.45) is -0.0657. The van der Waals surface area contributed by atoms with Crippen molar-refractivity contribution in [3.63, 3.8) is 0 Å². The summed E-state index contributed by atoms with van der Waals surface area (Å²) in [6.45, 7) is 1.82. The summed E-state index contributed by atoms with van der Waals surface area (Å²) >= 11 is 1.26. The summed E-state index contributed by atoms with van der Waals surface area (Å²) in [5, 5.41) is 27.2. The van der Waals surface area contributed by atoms with Crippen LogP contribution >= 0.6 is 20.1 Å². The molecular formula is C20H28N3O7PS. The minimum absolute atomic E-state index is 0.0495. The van der Waals surface area contributed by atoms with Crippen molar-refractivity contribution in [1.29, 1.82) is 0 Å². The highest BCUT2D eigenvalue weighted by molar-refractivity contribution is 8.02. The molecule has 176 valence electrons. The molecule has 2 unspecified atom stereocenters. The first-order valence-electron chi connectivity index (χ1n) is 9.84. The van der Waals surface area contributed by atoms with Gasteiger partial charge in [0, 0.05) is 24.3 Å². The Morgan fingerprint density at radius 1 is 1.12 bits per heavy atom.